The lowest BCUT2D eigenvalue weighted by atomic mass is 9.90. The molecule has 0 amide bonds. The zero-order chi connectivity index (χ0) is 17.8. The van der Waals surface area contributed by atoms with Crippen LogP contribution in [0.2, 0.25) is 0 Å². The Balaban J connectivity index is 0.00000210. The molecule has 0 spiro atoms. The molecule has 0 aliphatic carbocycles. The second-order valence-corrected chi connectivity index (χ2v) is 7.00. The van der Waals surface area contributed by atoms with E-state index in [0.717, 1.165) is 53.7 Å². The molecule has 27 heavy (non-hydrogen) atoms. The molecule has 1 fully saturated rings. The standard InChI is InChI=1S/C22H24N2O2.ClH/c25-22(12-16-8-10-23-11-9-16)20-14-24-21-7-6-18(13-19(20)21)26-15-17-4-2-1-3-5-17;/h1-7,13-14,16,23-24H,8-12,15H2;1H. The maximum Gasteiger partial charge on any atom is 0.165 e. The van der Waals surface area contributed by atoms with Gasteiger partial charge in [-0.1, -0.05) is 30.3 Å². The molecule has 2 aromatic carbocycles. The quantitative estimate of drug-likeness (QED) is 0.603. The maximum atomic E-state index is 12.8. The Bertz CT molecular complexity index is 886. The van der Waals surface area contributed by atoms with Crippen molar-refractivity contribution in [2.75, 3.05) is 13.1 Å². The first-order valence-corrected chi connectivity index (χ1v) is 9.31. The van der Waals surface area contributed by atoms with E-state index < -0.39 is 0 Å². The number of fused-ring (bicyclic) bond motifs is 1. The van der Waals surface area contributed by atoms with E-state index in [9.17, 15) is 4.79 Å². The van der Waals surface area contributed by atoms with Gasteiger partial charge in [0.2, 0.25) is 0 Å². The summed E-state index contributed by atoms with van der Waals surface area (Å²) in [5, 5.41) is 4.31. The van der Waals surface area contributed by atoms with Gasteiger partial charge in [0.15, 0.2) is 5.78 Å². The number of Topliss-reactive ketones (excluding diaryl/α,β-unsaturated/α-hetero) is 1. The van der Waals surface area contributed by atoms with Crippen LogP contribution < -0.4 is 10.1 Å². The van der Waals surface area contributed by atoms with Gasteiger partial charge in [0.1, 0.15) is 12.4 Å². The van der Waals surface area contributed by atoms with E-state index >= 15 is 0 Å². The van der Waals surface area contributed by atoms with Crippen molar-refractivity contribution < 1.29 is 9.53 Å². The van der Waals surface area contributed by atoms with Crippen molar-refractivity contribution in [1.82, 2.24) is 10.3 Å². The minimum Gasteiger partial charge on any atom is -0.489 e. The van der Waals surface area contributed by atoms with Crippen molar-refractivity contribution in [3.8, 4) is 5.75 Å². The third-order valence-electron chi connectivity index (χ3n) is 5.13. The summed E-state index contributed by atoms with van der Waals surface area (Å²) in [6.45, 7) is 2.56. The number of halogens is 1. The molecule has 1 aromatic heterocycles. The molecular formula is C22H25ClN2O2. The van der Waals surface area contributed by atoms with Crippen LogP contribution in [0.3, 0.4) is 0 Å². The fraction of sp³-hybridized carbons (Fsp3) is 0.318. The van der Waals surface area contributed by atoms with Crippen molar-refractivity contribution in [2.45, 2.75) is 25.9 Å². The molecule has 1 saturated heterocycles. The van der Waals surface area contributed by atoms with Gasteiger partial charge in [-0.15, -0.1) is 12.4 Å². The number of benzene rings is 2. The maximum absolute atomic E-state index is 12.8. The third kappa shape index (κ3) is 4.71. The van der Waals surface area contributed by atoms with Gasteiger partial charge in [-0.2, -0.15) is 0 Å². The van der Waals surface area contributed by atoms with Crippen LogP contribution in [-0.2, 0) is 6.61 Å². The monoisotopic (exact) mass is 384 g/mol. The zero-order valence-electron chi connectivity index (χ0n) is 15.2. The van der Waals surface area contributed by atoms with E-state index in [4.69, 9.17) is 4.74 Å². The van der Waals surface area contributed by atoms with Gasteiger partial charge in [-0.3, -0.25) is 4.79 Å². The molecule has 2 N–H and O–H groups in total. The molecule has 0 saturated carbocycles. The Kier molecular flexibility index (Phi) is 6.54. The fourth-order valence-corrected chi connectivity index (χ4v) is 3.62. The van der Waals surface area contributed by atoms with E-state index in [1.807, 2.05) is 54.7 Å². The van der Waals surface area contributed by atoms with E-state index in [1.54, 1.807) is 0 Å². The van der Waals surface area contributed by atoms with Gasteiger partial charge in [0, 0.05) is 29.1 Å². The number of hydrogen-bond acceptors (Lipinski definition) is 3. The van der Waals surface area contributed by atoms with Crippen LogP contribution in [-0.4, -0.2) is 23.9 Å². The Morgan fingerprint density at radius 1 is 1.07 bits per heavy atom. The van der Waals surface area contributed by atoms with Gasteiger partial charge in [0.05, 0.1) is 0 Å². The molecule has 4 nitrogen and oxygen atoms in total. The van der Waals surface area contributed by atoms with Gasteiger partial charge >= 0.3 is 0 Å². The molecular weight excluding hydrogens is 360 g/mol. The second kappa shape index (κ2) is 9.07. The molecule has 0 radical (unpaired) electrons. The number of aromatic nitrogens is 1. The van der Waals surface area contributed by atoms with Crippen LogP contribution in [0.1, 0.15) is 35.2 Å². The lowest BCUT2D eigenvalue weighted by Gasteiger charge is -2.21. The summed E-state index contributed by atoms with van der Waals surface area (Å²) in [6.07, 6.45) is 4.64. The van der Waals surface area contributed by atoms with Crippen LogP contribution in [0.15, 0.2) is 54.7 Å². The van der Waals surface area contributed by atoms with Crippen molar-refractivity contribution >= 4 is 29.1 Å². The smallest absolute Gasteiger partial charge is 0.165 e. The number of hydrogen-bond donors (Lipinski definition) is 2. The molecule has 4 rings (SSSR count). The molecule has 2 heterocycles. The predicted octanol–water partition coefficient (Wildman–Crippen LogP) is 4.74. The number of aromatic amines is 1. The summed E-state index contributed by atoms with van der Waals surface area (Å²) in [6, 6.07) is 16.0. The van der Waals surface area contributed by atoms with Gasteiger partial charge in [-0.05, 0) is 55.6 Å². The van der Waals surface area contributed by atoms with Crippen LogP contribution >= 0.6 is 12.4 Å². The summed E-state index contributed by atoms with van der Waals surface area (Å²) >= 11 is 0. The third-order valence-corrected chi connectivity index (χ3v) is 5.13. The molecule has 1 aliphatic heterocycles. The van der Waals surface area contributed by atoms with Crippen molar-refractivity contribution in [3.63, 3.8) is 0 Å². The predicted molar refractivity (Wildman–Crippen MR) is 111 cm³/mol. The molecule has 142 valence electrons. The number of H-pyrrole nitrogens is 1. The number of rotatable bonds is 6. The topological polar surface area (TPSA) is 54.1 Å². The first kappa shape index (κ1) is 19.5. The molecule has 1 aliphatic rings. The highest BCUT2D eigenvalue weighted by atomic mass is 35.5. The normalized spacial score (nSPS) is 14.7. The Morgan fingerprint density at radius 3 is 2.63 bits per heavy atom. The van der Waals surface area contributed by atoms with Crippen molar-refractivity contribution in [2.24, 2.45) is 5.92 Å². The molecule has 0 bridgehead atoms. The summed E-state index contributed by atoms with van der Waals surface area (Å²) < 4.78 is 5.92. The molecule has 3 aromatic rings. The summed E-state index contributed by atoms with van der Waals surface area (Å²) in [7, 11) is 0. The van der Waals surface area contributed by atoms with Crippen LogP contribution in [0, 0.1) is 5.92 Å². The minimum absolute atomic E-state index is 0. The average molecular weight is 385 g/mol. The molecule has 5 heteroatoms. The van der Waals surface area contributed by atoms with E-state index in [1.165, 1.54) is 0 Å². The highest BCUT2D eigenvalue weighted by Crippen LogP contribution is 2.27. The Labute approximate surface area is 165 Å². The van der Waals surface area contributed by atoms with Crippen LogP contribution in [0.25, 0.3) is 10.9 Å². The number of nitrogens with one attached hydrogen (secondary N) is 2. The highest BCUT2D eigenvalue weighted by Gasteiger charge is 2.20. The lowest BCUT2D eigenvalue weighted by molar-refractivity contribution is 0.0954. The molecule has 0 atom stereocenters. The first-order chi connectivity index (χ1) is 12.8. The van der Waals surface area contributed by atoms with Crippen molar-refractivity contribution in [3.05, 3.63) is 65.9 Å². The number of carbonyl (C=O) groups excluding carboxylic acids is 1. The Hall–Kier alpha value is -2.30. The highest BCUT2D eigenvalue weighted by molar-refractivity contribution is 6.08. The van der Waals surface area contributed by atoms with Gasteiger partial charge < -0.3 is 15.0 Å². The summed E-state index contributed by atoms with van der Waals surface area (Å²) in [4.78, 5) is 16.0. The van der Waals surface area contributed by atoms with Gasteiger partial charge in [-0.25, -0.2) is 0 Å². The minimum atomic E-state index is 0. The average Bonchev–Trinajstić information content (AvgIpc) is 3.11. The Morgan fingerprint density at radius 2 is 1.85 bits per heavy atom. The van der Waals surface area contributed by atoms with Gasteiger partial charge in [0.25, 0.3) is 0 Å². The van der Waals surface area contributed by atoms with Crippen LogP contribution in [0.5, 0.6) is 5.75 Å². The number of ether oxygens (including phenoxy) is 1. The van der Waals surface area contributed by atoms with Crippen molar-refractivity contribution in [1.29, 1.82) is 0 Å². The summed E-state index contributed by atoms with van der Waals surface area (Å²) in [5.41, 5.74) is 2.89. The fourth-order valence-electron chi connectivity index (χ4n) is 3.62. The first-order valence-electron chi connectivity index (χ1n) is 9.31. The number of carbonyl (C=O) groups is 1. The summed E-state index contributed by atoms with van der Waals surface area (Å²) in [5.74, 6) is 1.51. The SMILES string of the molecule is Cl.O=C(CC1CCNCC1)c1c[nH]c2ccc(OCc3ccccc3)cc12. The largest absolute Gasteiger partial charge is 0.489 e. The lowest BCUT2D eigenvalue weighted by Crippen LogP contribution is -2.28. The molecule has 0 unspecified atom stereocenters. The van der Waals surface area contributed by atoms with Crippen LogP contribution in [0.4, 0.5) is 0 Å². The second-order valence-electron chi connectivity index (χ2n) is 7.00. The zero-order valence-corrected chi connectivity index (χ0v) is 16.1. The van der Waals surface area contributed by atoms with E-state index in [-0.39, 0.29) is 18.2 Å². The van der Waals surface area contributed by atoms with E-state index in [0.29, 0.717) is 18.9 Å². The number of ketones is 1. The number of piperidine rings is 1. The van der Waals surface area contributed by atoms with E-state index in [2.05, 4.69) is 10.3 Å².